The van der Waals surface area contributed by atoms with E-state index in [9.17, 15) is 4.79 Å². The molecule has 0 bridgehead atoms. The number of aromatic nitrogens is 1. The molecule has 3 aromatic rings. The SMILES string of the molecule is COC(=O)c1nc(-c2ccccc2)sc1-c1ccc(C)cc1. The van der Waals surface area contributed by atoms with E-state index in [0.717, 1.165) is 21.0 Å². The molecule has 0 aliphatic carbocycles. The summed E-state index contributed by atoms with van der Waals surface area (Å²) in [7, 11) is 1.38. The van der Waals surface area contributed by atoms with Gasteiger partial charge in [-0.3, -0.25) is 0 Å². The van der Waals surface area contributed by atoms with Gasteiger partial charge < -0.3 is 4.74 Å². The standard InChI is InChI=1S/C18H15NO2S/c1-12-8-10-13(11-9-12)16-15(18(20)21-2)19-17(22-16)14-6-4-3-5-7-14/h3-11H,1-2H3. The molecule has 22 heavy (non-hydrogen) atoms. The average Bonchev–Trinajstić information content (AvgIpc) is 3.01. The van der Waals surface area contributed by atoms with E-state index in [1.807, 2.05) is 61.5 Å². The Labute approximate surface area is 133 Å². The minimum absolute atomic E-state index is 0.371. The lowest BCUT2D eigenvalue weighted by Gasteiger charge is -2.01. The normalized spacial score (nSPS) is 10.5. The molecule has 0 fully saturated rings. The largest absolute Gasteiger partial charge is 0.464 e. The van der Waals surface area contributed by atoms with Gasteiger partial charge in [0.25, 0.3) is 0 Å². The van der Waals surface area contributed by atoms with Crippen LogP contribution in [0.3, 0.4) is 0 Å². The van der Waals surface area contributed by atoms with Gasteiger partial charge in [0, 0.05) is 5.56 Å². The van der Waals surface area contributed by atoms with Crippen LogP contribution in [0.15, 0.2) is 54.6 Å². The number of benzene rings is 2. The number of carbonyl (C=O) groups excluding carboxylic acids is 1. The first-order chi connectivity index (χ1) is 10.7. The zero-order chi connectivity index (χ0) is 15.5. The average molecular weight is 309 g/mol. The Balaban J connectivity index is 2.13. The summed E-state index contributed by atoms with van der Waals surface area (Å²) >= 11 is 1.50. The molecular formula is C18H15NO2S. The minimum atomic E-state index is -0.408. The van der Waals surface area contributed by atoms with Gasteiger partial charge in [-0.15, -0.1) is 11.3 Å². The topological polar surface area (TPSA) is 39.2 Å². The summed E-state index contributed by atoms with van der Waals surface area (Å²) in [5.41, 5.74) is 3.52. The molecule has 1 heterocycles. The van der Waals surface area contributed by atoms with Crippen LogP contribution in [0.5, 0.6) is 0 Å². The van der Waals surface area contributed by atoms with Crippen LogP contribution < -0.4 is 0 Å². The van der Waals surface area contributed by atoms with E-state index < -0.39 is 5.97 Å². The van der Waals surface area contributed by atoms with Crippen molar-refractivity contribution in [3.8, 4) is 21.0 Å². The van der Waals surface area contributed by atoms with Crippen LogP contribution in [0, 0.1) is 6.92 Å². The van der Waals surface area contributed by atoms with E-state index >= 15 is 0 Å². The molecule has 3 rings (SSSR count). The Bertz CT molecular complexity index is 792. The monoisotopic (exact) mass is 309 g/mol. The molecule has 110 valence electrons. The van der Waals surface area contributed by atoms with Crippen molar-refractivity contribution in [1.82, 2.24) is 4.98 Å². The van der Waals surface area contributed by atoms with Crippen molar-refractivity contribution in [2.24, 2.45) is 0 Å². The summed E-state index contributed by atoms with van der Waals surface area (Å²) in [6.45, 7) is 2.03. The molecular weight excluding hydrogens is 294 g/mol. The van der Waals surface area contributed by atoms with Crippen molar-refractivity contribution < 1.29 is 9.53 Å². The van der Waals surface area contributed by atoms with E-state index in [1.165, 1.54) is 24.0 Å². The van der Waals surface area contributed by atoms with Crippen LogP contribution in [0.4, 0.5) is 0 Å². The van der Waals surface area contributed by atoms with Crippen LogP contribution in [0.1, 0.15) is 16.1 Å². The third-order valence-electron chi connectivity index (χ3n) is 3.34. The van der Waals surface area contributed by atoms with E-state index in [2.05, 4.69) is 4.98 Å². The Hall–Kier alpha value is -2.46. The molecule has 3 nitrogen and oxygen atoms in total. The number of hydrogen-bond donors (Lipinski definition) is 0. The van der Waals surface area contributed by atoms with Crippen molar-refractivity contribution in [3.63, 3.8) is 0 Å². The molecule has 0 saturated carbocycles. The minimum Gasteiger partial charge on any atom is -0.464 e. The molecule has 0 saturated heterocycles. The van der Waals surface area contributed by atoms with E-state index in [0.29, 0.717) is 5.69 Å². The fourth-order valence-electron chi connectivity index (χ4n) is 2.16. The van der Waals surface area contributed by atoms with Crippen LogP contribution >= 0.6 is 11.3 Å². The number of carbonyl (C=O) groups is 1. The lowest BCUT2D eigenvalue weighted by Crippen LogP contribution is -2.03. The molecule has 0 spiro atoms. The van der Waals surface area contributed by atoms with Crippen molar-refractivity contribution in [2.75, 3.05) is 7.11 Å². The number of hydrogen-bond acceptors (Lipinski definition) is 4. The molecule has 0 N–H and O–H groups in total. The van der Waals surface area contributed by atoms with Gasteiger partial charge in [0.1, 0.15) is 5.01 Å². The van der Waals surface area contributed by atoms with E-state index in [1.54, 1.807) is 0 Å². The molecule has 0 radical (unpaired) electrons. The number of esters is 1. The maximum atomic E-state index is 12.0. The Morgan fingerprint density at radius 3 is 2.32 bits per heavy atom. The highest BCUT2D eigenvalue weighted by molar-refractivity contribution is 7.18. The number of thiazole rings is 1. The van der Waals surface area contributed by atoms with Gasteiger partial charge in [-0.1, -0.05) is 60.2 Å². The second-order valence-electron chi connectivity index (χ2n) is 4.92. The maximum Gasteiger partial charge on any atom is 0.358 e. The summed E-state index contributed by atoms with van der Waals surface area (Å²) < 4.78 is 4.88. The number of methoxy groups -OCH3 is 1. The van der Waals surface area contributed by atoms with Gasteiger partial charge in [0.2, 0.25) is 0 Å². The smallest absolute Gasteiger partial charge is 0.358 e. The molecule has 0 amide bonds. The second-order valence-corrected chi connectivity index (χ2v) is 5.92. The molecule has 0 atom stereocenters. The number of rotatable bonds is 3. The zero-order valence-electron chi connectivity index (χ0n) is 12.4. The third-order valence-corrected chi connectivity index (χ3v) is 4.49. The fourth-order valence-corrected chi connectivity index (χ4v) is 3.22. The Kier molecular flexibility index (Phi) is 4.02. The number of nitrogens with zero attached hydrogens (tertiary/aromatic N) is 1. The predicted molar refractivity (Wildman–Crippen MR) is 89.1 cm³/mol. The van der Waals surface area contributed by atoms with Crippen molar-refractivity contribution in [1.29, 1.82) is 0 Å². The van der Waals surface area contributed by atoms with Gasteiger partial charge in [0.05, 0.1) is 12.0 Å². The summed E-state index contributed by atoms with van der Waals surface area (Å²) in [6.07, 6.45) is 0. The van der Waals surface area contributed by atoms with Crippen LogP contribution in [0.2, 0.25) is 0 Å². The highest BCUT2D eigenvalue weighted by atomic mass is 32.1. The summed E-state index contributed by atoms with van der Waals surface area (Å²) in [5, 5.41) is 0.816. The first-order valence-corrected chi connectivity index (χ1v) is 7.72. The lowest BCUT2D eigenvalue weighted by atomic mass is 10.1. The van der Waals surface area contributed by atoms with Crippen LogP contribution in [-0.2, 0) is 4.74 Å². The quantitative estimate of drug-likeness (QED) is 0.665. The van der Waals surface area contributed by atoms with Crippen molar-refractivity contribution >= 4 is 17.3 Å². The first-order valence-electron chi connectivity index (χ1n) is 6.90. The lowest BCUT2D eigenvalue weighted by molar-refractivity contribution is 0.0596. The summed E-state index contributed by atoms with van der Waals surface area (Å²) in [5.74, 6) is -0.408. The second kappa shape index (κ2) is 6.12. The number of aryl methyl sites for hydroxylation is 1. The summed E-state index contributed by atoms with van der Waals surface area (Å²) in [4.78, 5) is 17.4. The molecule has 2 aromatic carbocycles. The van der Waals surface area contributed by atoms with E-state index in [4.69, 9.17) is 4.74 Å². The van der Waals surface area contributed by atoms with Crippen molar-refractivity contribution in [3.05, 3.63) is 65.9 Å². The maximum absolute atomic E-state index is 12.0. The third kappa shape index (κ3) is 2.78. The summed E-state index contributed by atoms with van der Waals surface area (Å²) in [6, 6.07) is 17.9. The molecule has 0 aliphatic rings. The van der Waals surface area contributed by atoms with Gasteiger partial charge in [-0.2, -0.15) is 0 Å². The van der Waals surface area contributed by atoms with E-state index in [-0.39, 0.29) is 0 Å². The first kappa shape index (κ1) is 14.5. The molecule has 0 unspecified atom stereocenters. The highest BCUT2D eigenvalue weighted by Gasteiger charge is 2.20. The van der Waals surface area contributed by atoms with Crippen LogP contribution in [0.25, 0.3) is 21.0 Å². The Morgan fingerprint density at radius 2 is 1.68 bits per heavy atom. The molecule has 4 heteroatoms. The van der Waals surface area contributed by atoms with Gasteiger partial charge >= 0.3 is 5.97 Å². The Morgan fingerprint density at radius 1 is 1.00 bits per heavy atom. The number of ether oxygens (including phenoxy) is 1. The van der Waals surface area contributed by atoms with Gasteiger partial charge in [-0.25, -0.2) is 9.78 Å². The van der Waals surface area contributed by atoms with Gasteiger partial charge in [0.15, 0.2) is 5.69 Å². The van der Waals surface area contributed by atoms with Crippen LogP contribution in [-0.4, -0.2) is 18.1 Å². The highest BCUT2D eigenvalue weighted by Crippen LogP contribution is 2.35. The van der Waals surface area contributed by atoms with Gasteiger partial charge in [-0.05, 0) is 12.5 Å². The zero-order valence-corrected chi connectivity index (χ0v) is 13.2. The van der Waals surface area contributed by atoms with Crippen molar-refractivity contribution in [2.45, 2.75) is 6.92 Å². The molecule has 0 aliphatic heterocycles. The molecule has 1 aromatic heterocycles. The fraction of sp³-hybridized carbons (Fsp3) is 0.111. The predicted octanol–water partition coefficient (Wildman–Crippen LogP) is 4.57.